The quantitative estimate of drug-likeness (QED) is 0.237. The van der Waals surface area contributed by atoms with Gasteiger partial charge in [0.25, 0.3) is 0 Å². The van der Waals surface area contributed by atoms with Gasteiger partial charge >= 0.3 is 24.7 Å². The number of ether oxygens (including phenoxy) is 2. The lowest BCUT2D eigenvalue weighted by molar-refractivity contribution is -0.253. The lowest BCUT2D eigenvalue weighted by atomic mass is 9.77. The van der Waals surface area contributed by atoms with Gasteiger partial charge in [0.2, 0.25) is 0 Å². The zero-order valence-electron chi connectivity index (χ0n) is 21.2. The highest BCUT2D eigenvalue weighted by Gasteiger charge is 2.45. The van der Waals surface area contributed by atoms with Crippen LogP contribution in [-0.4, -0.2) is 38.4 Å². The number of carbonyl (C=O) groups excluding carboxylic acids is 1. The highest BCUT2D eigenvalue weighted by Crippen LogP contribution is 2.39. The minimum atomic E-state index is -5.02. The first-order valence-electron chi connectivity index (χ1n) is 11.8. The molecule has 1 atom stereocenters. The van der Waals surface area contributed by atoms with Crippen LogP contribution in [-0.2, 0) is 12.0 Å². The monoisotopic (exact) mass is 594 g/mol. The second-order valence-electron chi connectivity index (χ2n) is 8.80. The fraction of sp³-hybridized carbons (Fsp3) is 0.296. The summed E-state index contributed by atoms with van der Waals surface area (Å²) in [4.78, 5) is 13.0. The van der Waals surface area contributed by atoms with E-state index in [1.165, 1.54) is 0 Å². The first kappa shape index (κ1) is 31.4. The maximum absolute atomic E-state index is 14.8. The van der Waals surface area contributed by atoms with Crippen molar-refractivity contribution in [2.45, 2.75) is 37.1 Å². The third-order valence-corrected chi connectivity index (χ3v) is 5.85. The molecular weight excluding hydrogens is 571 g/mol. The molecule has 0 aromatic heterocycles. The van der Waals surface area contributed by atoms with Gasteiger partial charge in [-0.05, 0) is 41.0 Å². The van der Waals surface area contributed by atoms with Crippen molar-refractivity contribution in [2.75, 3.05) is 13.7 Å². The van der Waals surface area contributed by atoms with Gasteiger partial charge in [0.15, 0.2) is 11.6 Å². The Labute approximate surface area is 228 Å². The molecule has 0 saturated carbocycles. The van der Waals surface area contributed by atoms with Crippen LogP contribution < -0.4 is 20.1 Å². The van der Waals surface area contributed by atoms with Gasteiger partial charge in [0.05, 0.1) is 19.1 Å². The highest BCUT2D eigenvalue weighted by atomic mass is 19.4. The second kappa shape index (κ2) is 12.6. The number of halogens is 9. The standard InChI is InChI=1S/C27H23F9N2O3/c1-40-22-13-17(7-8-21(22)29)25(15-16-5-3-2-4-6-16,38-24(39)37-10-9-26(32,33)34)18-11-19(28)14-20(12-18)41-27(35,36)23(30)31/h2-8,11-14,23H,9-10,15H2,1H3,(H2,37,38,39)/t25-/m1/s1. The van der Waals surface area contributed by atoms with Crippen molar-refractivity contribution in [1.82, 2.24) is 10.6 Å². The van der Waals surface area contributed by atoms with E-state index in [0.717, 1.165) is 37.4 Å². The third kappa shape index (κ3) is 8.21. The number of urea groups is 1. The minimum absolute atomic E-state index is 0.0252. The van der Waals surface area contributed by atoms with Crippen LogP contribution in [0.3, 0.4) is 0 Å². The van der Waals surface area contributed by atoms with Crippen molar-refractivity contribution < 1.29 is 53.8 Å². The van der Waals surface area contributed by atoms with E-state index < -0.39 is 60.6 Å². The average Bonchev–Trinajstić information content (AvgIpc) is 2.87. The van der Waals surface area contributed by atoms with Crippen molar-refractivity contribution in [1.29, 1.82) is 0 Å². The Bertz CT molecular complexity index is 1340. The van der Waals surface area contributed by atoms with E-state index in [1.807, 2.05) is 5.32 Å². The molecule has 0 saturated heterocycles. The molecule has 0 heterocycles. The highest BCUT2D eigenvalue weighted by molar-refractivity contribution is 5.76. The summed E-state index contributed by atoms with van der Waals surface area (Å²) in [6.45, 7) is -0.860. The number of benzene rings is 3. The van der Waals surface area contributed by atoms with Crippen LogP contribution >= 0.6 is 0 Å². The third-order valence-electron chi connectivity index (χ3n) is 5.85. The summed E-state index contributed by atoms with van der Waals surface area (Å²) in [6.07, 6.45) is -15.6. The van der Waals surface area contributed by atoms with E-state index >= 15 is 0 Å². The zero-order chi connectivity index (χ0) is 30.4. The van der Waals surface area contributed by atoms with Gasteiger partial charge < -0.3 is 20.1 Å². The predicted molar refractivity (Wildman–Crippen MR) is 129 cm³/mol. The topological polar surface area (TPSA) is 59.6 Å². The summed E-state index contributed by atoms with van der Waals surface area (Å²) in [5.74, 6) is -3.49. The van der Waals surface area contributed by atoms with E-state index in [4.69, 9.17) is 4.74 Å². The maximum Gasteiger partial charge on any atom is 0.461 e. The molecule has 14 heteroatoms. The number of nitrogens with one attached hydrogen (secondary N) is 2. The molecule has 3 rings (SSSR count). The molecule has 0 aliphatic heterocycles. The van der Waals surface area contributed by atoms with Crippen molar-refractivity contribution in [2.24, 2.45) is 0 Å². The molecule has 5 nitrogen and oxygen atoms in total. The Balaban J connectivity index is 2.24. The molecule has 2 N–H and O–H groups in total. The molecule has 0 unspecified atom stereocenters. The molecule has 222 valence electrons. The Morgan fingerprint density at radius 3 is 2.20 bits per heavy atom. The fourth-order valence-corrected chi connectivity index (χ4v) is 4.01. The fourth-order valence-electron chi connectivity index (χ4n) is 4.01. The first-order valence-corrected chi connectivity index (χ1v) is 11.8. The molecule has 0 spiro atoms. The SMILES string of the molecule is COc1cc([C@@](Cc2ccccc2)(NC(=O)NCCC(F)(F)F)c2cc(F)cc(OC(F)(F)C(F)F)c2)ccc1F. The van der Waals surface area contributed by atoms with Crippen molar-refractivity contribution in [3.05, 3.63) is 95.1 Å². The van der Waals surface area contributed by atoms with E-state index in [1.54, 1.807) is 30.3 Å². The van der Waals surface area contributed by atoms with Crippen molar-refractivity contribution >= 4 is 6.03 Å². The maximum atomic E-state index is 14.8. The van der Waals surface area contributed by atoms with Crippen LogP contribution in [0.4, 0.5) is 44.3 Å². The number of alkyl halides is 7. The lowest BCUT2D eigenvalue weighted by Gasteiger charge is -2.37. The smallest absolute Gasteiger partial charge is 0.461 e. The summed E-state index contributed by atoms with van der Waals surface area (Å²) in [5, 5.41) is 4.48. The van der Waals surface area contributed by atoms with Crippen LogP contribution in [0.5, 0.6) is 11.5 Å². The lowest BCUT2D eigenvalue weighted by Crippen LogP contribution is -2.52. The van der Waals surface area contributed by atoms with E-state index in [9.17, 15) is 44.3 Å². The Hall–Kier alpha value is -4.10. The normalized spacial score (nSPS) is 13.4. The minimum Gasteiger partial charge on any atom is -0.494 e. The Kier molecular flexibility index (Phi) is 9.66. The summed E-state index contributed by atoms with van der Waals surface area (Å²) in [7, 11) is 1.12. The Morgan fingerprint density at radius 1 is 0.902 bits per heavy atom. The largest absolute Gasteiger partial charge is 0.494 e. The molecule has 0 aliphatic rings. The van der Waals surface area contributed by atoms with Gasteiger partial charge in [-0.15, -0.1) is 0 Å². The summed E-state index contributed by atoms with van der Waals surface area (Å²) in [5.41, 5.74) is -1.95. The van der Waals surface area contributed by atoms with Gasteiger partial charge in [-0.25, -0.2) is 13.6 Å². The molecular formula is C27H23F9N2O3. The van der Waals surface area contributed by atoms with E-state index in [2.05, 4.69) is 10.1 Å². The summed E-state index contributed by atoms with van der Waals surface area (Å²) >= 11 is 0. The molecule has 0 fully saturated rings. The van der Waals surface area contributed by atoms with E-state index in [0.29, 0.717) is 11.6 Å². The van der Waals surface area contributed by atoms with E-state index in [-0.39, 0.29) is 23.3 Å². The number of rotatable bonds is 11. The number of amides is 2. The van der Waals surface area contributed by atoms with Gasteiger partial charge in [-0.2, -0.15) is 30.7 Å². The summed E-state index contributed by atoms with van der Waals surface area (Å²) < 4.78 is 129. The molecule has 41 heavy (non-hydrogen) atoms. The van der Waals surface area contributed by atoms with Crippen LogP contribution in [0.15, 0.2) is 66.7 Å². The predicted octanol–water partition coefficient (Wildman–Crippen LogP) is 6.95. The number of hydrogen-bond acceptors (Lipinski definition) is 3. The number of hydrogen-bond donors (Lipinski definition) is 2. The molecule has 3 aromatic carbocycles. The molecule has 0 aliphatic carbocycles. The zero-order valence-corrected chi connectivity index (χ0v) is 21.2. The van der Waals surface area contributed by atoms with Gasteiger partial charge in [-0.3, -0.25) is 0 Å². The molecule has 0 radical (unpaired) electrons. The number of methoxy groups -OCH3 is 1. The summed E-state index contributed by atoms with van der Waals surface area (Å²) in [6, 6.07) is 11.9. The second-order valence-corrected chi connectivity index (χ2v) is 8.80. The van der Waals surface area contributed by atoms with Crippen LogP contribution in [0.2, 0.25) is 0 Å². The van der Waals surface area contributed by atoms with Crippen LogP contribution in [0.1, 0.15) is 23.1 Å². The molecule has 3 aromatic rings. The first-order chi connectivity index (χ1) is 19.1. The molecule has 2 amide bonds. The van der Waals surface area contributed by atoms with Gasteiger partial charge in [0, 0.05) is 19.0 Å². The Morgan fingerprint density at radius 2 is 1.59 bits per heavy atom. The van der Waals surface area contributed by atoms with Crippen LogP contribution in [0, 0.1) is 11.6 Å². The van der Waals surface area contributed by atoms with Crippen molar-refractivity contribution in [3.63, 3.8) is 0 Å². The van der Waals surface area contributed by atoms with Crippen LogP contribution in [0.25, 0.3) is 0 Å². The molecule has 0 bridgehead atoms. The van der Waals surface area contributed by atoms with Gasteiger partial charge in [-0.1, -0.05) is 36.4 Å². The number of carbonyl (C=O) groups is 1. The van der Waals surface area contributed by atoms with Gasteiger partial charge in [0.1, 0.15) is 11.6 Å². The average molecular weight is 594 g/mol. The van der Waals surface area contributed by atoms with Crippen molar-refractivity contribution in [3.8, 4) is 11.5 Å².